The van der Waals surface area contributed by atoms with E-state index in [2.05, 4.69) is 12.2 Å². The number of nitrogens with one attached hydrogen (secondary N) is 2. The molecule has 114 valence electrons. The van der Waals surface area contributed by atoms with Crippen LogP contribution in [0.4, 0.5) is 4.39 Å². The van der Waals surface area contributed by atoms with Gasteiger partial charge in [0, 0.05) is 11.5 Å². The summed E-state index contributed by atoms with van der Waals surface area (Å²) in [5.74, 6) is 0.788. The van der Waals surface area contributed by atoms with Gasteiger partial charge in [-0.05, 0) is 31.4 Å². The molecule has 1 heterocycles. The summed E-state index contributed by atoms with van der Waals surface area (Å²) in [4.78, 5) is 3.38. The molecule has 1 atom stereocenters. The van der Waals surface area contributed by atoms with Crippen LogP contribution in [0.2, 0.25) is 0 Å². The van der Waals surface area contributed by atoms with E-state index in [1.807, 2.05) is 12.1 Å². The molecular weight excluding hydrogens is 263 g/mol. The summed E-state index contributed by atoms with van der Waals surface area (Å²) < 4.78 is 13.2. The van der Waals surface area contributed by atoms with Crippen LogP contribution >= 0.6 is 0 Å². The van der Waals surface area contributed by atoms with Crippen LogP contribution < -0.4 is 9.80 Å². The fraction of sp³-hybridized carbons (Fsp3) is 0.556. The van der Waals surface area contributed by atoms with Crippen molar-refractivity contribution < 1.29 is 14.2 Å². The normalized spacial score (nSPS) is 29.5. The molecule has 2 N–H and O–H groups in total. The summed E-state index contributed by atoms with van der Waals surface area (Å²) in [5.41, 5.74) is 1.13. The van der Waals surface area contributed by atoms with Gasteiger partial charge < -0.3 is 9.80 Å². The monoisotopic (exact) mass is 290 g/mol. The van der Waals surface area contributed by atoms with E-state index < -0.39 is 0 Å². The molecule has 3 heteroatoms. The van der Waals surface area contributed by atoms with Crippen molar-refractivity contribution in [1.29, 1.82) is 0 Å². The first-order valence-electron chi connectivity index (χ1n) is 8.36. The van der Waals surface area contributed by atoms with Gasteiger partial charge in [0.2, 0.25) is 0 Å². The third kappa shape index (κ3) is 4.39. The fourth-order valence-electron chi connectivity index (χ4n) is 3.72. The molecule has 1 saturated heterocycles. The van der Waals surface area contributed by atoms with Crippen LogP contribution in [0.5, 0.6) is 0 Å². The lowest BCUT2D eigenvalue weighted by atomic mass is 9.94. The molecule has 0 spiro atoms. The van der Waals surface area contributed by atoms with Crippen molar-refractivity contribution >= 4 is 0 Å². The summed E-state index contributed by atoms with van der Waals surface area (Å²) in [6.45, 7) is 7.29. The van der Waals surface area contributed by atoms with Crippen molar-refractivity contribution in [1.82, 2.24) is 0 Å². The lowest BCUT2D eigenvalue weighted by molar-refractivity contribution is -1.02. The molecular formula is C18H27FN2+2. The SMILES string of the molecule is Fc1cccc(C[NH+]2CC[NH+](C[C@H]3CC=CCC3)CC2)c1. The van der Waals surface area contributed by atoms with E-state index in [0.29, 0.717) is 0 Å². The highest BCUT2D eigenvalue weighted by Gasteiger charge is 2.25. The van der Waals surface area contributed by atoms with Gasteiger partial charge in [-0.3, -0.25) is 0 Å². The largest absolute Gasteiger partial charge is 0.325 e. The molecule has 1 aromatic carbocycles. The summed E-state index contributed by atoms with van der Waals surface area (Å²) in [6, 6.07) is 7.08. The quantitative estimate of drug-likeness (QED) is 0.746. The molecule has 1 aromatic rings. The Kier molecular flexibility index (Phi) is 5.04. The Hall–Kier alpha value is -1.19. The number of halogens is 1. The first kappa shape index (κ1) is 14.7. The van der Waals surface area contributed by atoms with Gasteiger partial charge in [0.15, 0.2) is 0 Å². The van der Waals surface area contributed by atoms with E-state index in [-0.39, 0.29) is 5.82 Å². The second-order valence-electron chi connectivity index (χ2n) is 6.66. The minimum Gasteiger partial charge on any atom is -0.325 e. The molecule has 21 heavy (non-hydrogen) atoms. The highest BCUT2D eigenvalue weighted by atomic mass is 19.1. The van der Waals surface area contributed by atoms with E-state index >= 15 is 0 Å². The van der Waals surface area contributed by atoms with Crippen molar-refractivity contribution in [3.8, 4) is 0 Å². The predicted octanol–water partition coefficient (Wildman–Crippen LogP) is 0.465. The molecule has 1 fully saturated rings. The second kappa shape index (κ2) is 7.19. The lowest BCUT2D eigenvalue weighted by Crippen LogP contribution is -3.27. The van der Waals surface area contributed by atoms with Gasteiger partial charge in [0.1, 0.15) is 38.5 Å². The third-order valence-corrected chi connectivity index (χ3v) is 4.96. The van der Waals surface area contributed by atoms with Crippen LogP contribution in [-0.2, 0) is 6.54 Å². The summed E-state index contributed by atoms with van der Waals surface area (Å²) in [6.07, 6.45) is 8.62. The topological polar surface area (TPSA) is 8.88 Å². The molecule has 3 rings (SSSR count). The number of benzene rings is 1. The minimum atomic E-state index is -0.110. The van der Waals surface area contributed by atoms with E-state index in [1.165, 1.54) is 58.1 Å². The van der Waals surface area contributed by atoms with E-state index in [1.54, 1.807) is 15.9 Å². The standard InChI is InChI=1S/C18H25FN2/c19-18-8-4-7-17(13-18)15-21-11-9-20(10-12-21)14-16-5-2-1-3-6-16/h1-2,4,7-8,13,16H,3,5-6,9-12,14-15H2/p+2/t16-/m0/s1. The number of hydrogen-bond acceptors (Lipinski definition) is 0. The van der Waals surface area contributed by atoms with Gasteiger partial charge in [-0.25, -0.2) is 4.39 Å². The highest BCUT2D eigenvalue weighted by molar-refractivity contribution is 5.14. The summed E-state index contributed by atoms with van der Waals surface area (Å²) in [5, 5.41) is 0. The van der Waals surface area contributed by atoms with Gasteiger partial charge >= 0.3 is 0 Å². The van der Waals surface area contributed by atoms with E-state index in [4.69, 9.17) is 0 Å². The van der Waals surface area contributed by atoms with E-state index in [0.717, 1.165) is 18.0 Å². The molecule has 2 nitrogen and oxygen atoms in total. The van der Waals surface area contributed by atoms with E-state index in [9.17, 15) is 4.39 Å². The number of allylic oxidation sites excluding steroid dienone is 2. The molecule has 2 aliphatic rings. The third-order valence-electron chi connectivity index (χ3n) is 4.96. The van der Waals surface area contributed by atoms with Crippen molar-refractivity contribution in [3.63, 3.8) is 0 Å². The molecule has 0 bridgehead atoms. The average molecular weight is 290 g/mol. The van der Waals surface area contributed by atoms with Gasteiger partial charge in [-0.1, -0.05) is 24.3 Å². The van der Waals surface area contributed by atoms with Crippen LogP contribution in [0.1, 0.15) is 24.8 Å². The molecule has 0 radical (unpaired) electrons. The van der Waals surface area contributed by atoms with Crippen LogP contribution in [-0.4, -0.2) is 32.7 Å². The summed E-state index contributed by atoms with van der Waals surface area (Å²) in [7, 11) is 0. The maximum atomic E-state index is 13.2. The highest BCUT2D eigenvalue weighted by Crippen LogP contribution is 2.15. The average Bonchev–Trinajstić information content (AvgIpc) is 2.50. The zero-order valence-corrected chi connectivity index (χ0v) is 12.8. The van der Waals surface area contributed by atoms with Gasteiger partial charge in [-0.15, -0.1) is 0 Å². The Labute approximate surface area is 127 Å². The molecule has 0 aromatic heterocycles. The number of hydrogen-bond donors (Lipinski definition) is 2. The van der Waals surface area contributed by atoms with Crippen molar-refractivity contribution in [2.24, 2.45) is 5.92 Å². The molecule has 1 aliphatic carbocycles. The van der Waals surface area contributed by atoms with Crippen molar-refractivity contribution in [3.05, 3.63) is 47.8 Å². The maximum Gasteiger partial charge on any atom is 0.127 e. The zero-order chi connectivity index (χ0) is 14.5. The molecule has 1 aliphatic heterocycles. The van der Waals surface area contributed by atoms with Crippen LogP contribution in [0.15, 0.2) is 36.4 Å². The second-order valence-corrected chi connectivity index (χ2v) is 6.66. The molecule has 0 unspecified atom stereocenters. The Morgan fingerprint density at radius 2 is 1.86 bits per heavy atom. The summed E-state index contributed by atoms with van der Waals surface area (Å²) >= 11 is 0. The predicted molar refractivity (Wildman–Crippen MR) is 82.8 cm³/mol. The fourth-order valence-corrected chi connectivity index (χ4v) is 3.72. The Morgan fingerprint density at radius 1 is 1.05 bits per heavy atom. The zero-order valence-electron chi connectivity index (χ0n) is 12.8. The first-order valence-corrected chi connectivity index (χ1v) is 8.36. The van der Waals surface area contributed by atoms with Gasteiger partial charge in [0.05, 0.1) is 6.54 Å². The first-order chi connectivity index (χ1) is 10.3. The van der Waals surface area contributed by atoms with Crippen LogP contribution in [0.3, 0.4) is 0 Å². The smallest absolute Gasteiger partial charge is 0.127 e. The van der Waals surface area contributed by atoms with Crippen LogP contribution in [0, 0.1) is 11.7 Å². The maximum absolute atomic E-state index is 13.2. The Balaban J connectivity index is 1.43. The number of quaternary nitrogens is 2. The Bertz CT molecular complexity index is 478. The molecule has 0 saturated carbocycles. The van der Waals surface area contributed by atoms with Gasteiger partial charge in [0.25, 0.3) is 0 Å². The van der Waals surface area contributed by atoms with Crippen LogP contribution in [0.25, 0.3) is 0 Å². The number of rotatable bonds is 4. The number of piperazine rings is 1. The Morgan fingerprint density at radius 3 is 2.57 bits per heavy atom. The minimum absolute atomic E-state index is 0.110. The van der Waals surface area contributed by atoms with Crippen molar-refractivity contribution in [2.45, 2.75) is 25.8 Å². The molecule has 0 amide bonds. The lowest BCUT2D eigenvalue weighted by Gasteiger charge is -2.32. The van der Waals surface area contributed by atoms with Gasteiger partial charge in [-0.2, -0.15) is 0 Å². The van der Waals surface area contributed by atoms with Crippen molar-refractivity contribution in [2.75, 3.05) is 32.7 Å².